The Morgan fingerprint density at radius 3 is 2.94 bits per heavy atom. The molecular formula is C13H18N2O3. The normalized spacial score (nSPS) is 20.6. The van der Waals surface area contributed by atoms with Crippen molar-refractivity contribution < 1.29 is 14.3 Å². The van der Waals surface area contributed by atoms with Gasteiger partial charge in [-0.2, -0.15) is 0 Å². The zero-order valence-corrected chi connectivity index (χ0v) is 10.2. The molecule has 0 spiro atoms. The fraction of sp³-hybridized carbons (Fsp3) is 0.462. The summed E-state index contributed by atoms with van der Waals surface area (Å²) < 4.78 is 10.6. The van der Waals surface area contributed by atoms with Gasteiger partial charge in [-0.05, 0) is 5.56 Å². The molecule has 0 amide bonds. The molecule has 0 aliphatic carbocycles. The van der Waals surface area contributed by atoms with Crippen molar-refractivity contribution in [1.82, 2.24) is 4.90 Å². The average Bonchev–Trinajstić information content (AvgIpc) is 2.46. The number of carbonyl (C=O) groups is 1. The SMILES string of the molecule is NCN1CCOC(C(=O)OCc2ccccc2)C1. The third kappa shape index (κ3) is 3.53. The summed E-state index contributed by atoms with van der Waals surface area (Å²) in [7, 11) is 0. The zero-order chi connectivity index (χ0) is 12.8. The maximum Gasteiger partial charge on any atom is 0.336 e. The fourth-order valence-corrected chi connectivity index (χ4v) is 1.83. The quantitative estimate of drug-likeness (QED) is 0.781. The Labute approximate surface area is 106 Å². The predicted octanol–water partition coefficient (Wildman–Crippen LogP) is 0.347. The van der Waals surface area contributed by atoms with Crippen molar-refractivity contribution in [3.05, 3.63) is 35.9 Å². The summed E-state index contributed by atoms with van der Waals surface area (Å²) in [4.78, 5) is 13.8. The lowest BCUT2D eigenvalue weighted by molar-refractivity contribution is -0.164. The van der Waals surface area contributed by atoms with Crippen LogP contribution in [0.5, 0.6) is 0 Å². The minimum Gasteiger partial charge on any atom is -0.459 e. The monoisotopic (exact) mass is 250 g/mol. The number of nitrogens with zero attached hydrogens (tertiary/aromatic N) is 1. The molecule has 5 heteroatoms. The van der Waals surface area contributed by atoms with Gasteiger partial charge in [0.15, 0.2) is 6.10 Å². The van der Waals surface area contributed by atoms with Crippen molar-refractivity contribution in [1.29, 1.82) is 0 Å². The minimum atomic E-state index is -0.522. The first kappa shape index (κ1) is 13.0. The van der Waals surface area contributed by atoms with E-state index in [0.29, 0.717) is 19.8 Å². The summed E-state index contributed by atoms with van der Waals surface area (Å²) in [5, 5.41) is 0. The van der Waals surface area contributed by atoms with E-state index >= 15 is 0 Å². The molecule has 0 bridgehead atoms. The van der Waals surface area contributed by atoms with Crippen molar-refractivity contribution in [3.8, 4) is 0 Å². The van der Waals surface area contributed by atoms with Crippen LogP contribution in [0.25, 0.3) is 0 Å². The molecule has 0 saturated carbocycles. The largest absolute Gasteiger partial charge is 0.459 e. The van der Waals surface area contributed by atoms with Gasteiger partial charge in [0, 0.05) is 19.8 Å². The van der Waals surface area contributed by atoms with E-state index in [2.05, 4.69) is 0 Å². The molecule has 1 fully saturated rings. The second kappa shape index (κ2) is 6.49. The number of esters is 1. The van der Waals surface area contributed by atoms with Crippen LogP contribution >= 0.6 is 0 Å². The van der Waals surface area contributed by atoms with E-state index in [1.165, 1.54) is 0 Å². The average molecular weight is 250 g/mol. The van der Waals surface area contributed by atoms with Gasteiger partial charge in [0.25, 0.3) is 0 Å². The molecule has 1 aliphatic heterocycles. The highest BCUT2D eigenvalue weighted by atomic mass is 16.6. The van der Waals surface area contributed by atoms with Crippen LogP contribution in [0.2, 0.25) is 0 Å². The van der Waals surface area contributed by atoms with Crippen LogP contribution in [0.15, 0.2) is 30.3 Å². The second-order valence-electron chi connectivity index (χ2n) is 4.21. The highest BCUT2D eigenvalue weighted by molar-refractivity contribution is 5.75. The Morgan fingerprint density at radius 2 is 2.22 bits per heavy atom. The third-order valence-electron chi connectivity index (χ3n) is 2.90. The van der Waals surface area contributed by atoms with Crippen LogP contribution in [0, 0.1) is 0 Å². The standard InChI is InChI=1S/C13H18N2O3/c14-10-15-6-7-17-12(8-15)13(16)18-9-11-4-2-1-3-5-11/h1-5,12H,6-10,14H2. The Hall–Kier alpha value is -1.43. The van der Waals surface area contributed by atoms with E-state index in [1.54, 1.807) is 0 Å². The number of nitrogens with two attached hydrogens (primary N) is 1. The summed E-state index contributed by atoms with van der Waals surface area (Å²) in [6.07, 6.45) is -0.522. The third-order valence-corrected chi connectivity index (χ3v) is 2.90. The van der Waals surface area contributed by atoms with E-state index < -0.39 is 6.10 Å². The minimum absolute atomic E-state index is 0.280. The molecule has 1 atom stereocenters. The van der Waals surface area contributed by atoms with Gasteiger partial charge in [-0.15, -0.1) is 0 Å². The highest BCUT2D eigenvalue weighted by Gasteiger charge is 2.27. The number of ether oxygens (including phenoxy) is 2. The summed E-state index contributed by atoms with van der Waals surface area (Å²) in [5.41, 5.74) is 6.52. The Balaban J connectivity index is 1.81. The molecule has 0 aromatic heterocycles. The van der Waals surface area contributed by atoms with Gasteiger partial charge in [0.05, 0.1) is 6.61 Å². The van der Waals surface area contributed by atoms with E-state index in [1.807, 2.05) is 35.2 Å². The Morgan fingerprint density at radius 1 is 1.44 bits per heavy atom. The number of rotatable bonds is 4. The molecule has 2 N–H and O–H groups in total. The first-order valence-corrected chi connectivity index (χ1v) is 6.04. The summed E-state index contributed by atoms with van der Waals surface area (Å²) in [5.74, 6) is -0.322. The van der Waals surface area contributed by atoms with Crippen LogP contribution in [-0.2, 0) is 20.9 Å². The van der Waals surface area contributed by atoms with Gasteiger partial charge in [-0.1, -0.05) is 30.3 Å². The van der Waals surface area contributed by atoms with Gasteiger partial charge in [-0.3, -0.25) is 4.90 Å². The van der Waals surface area contributed by atoms with Crippen LogP contribution in [-0.4, -0.2) is 43.3 Å². The predicted molar refractivity (Wildman–Crippen MR) is 66.6 cm³/mol. The number of benzene rings is 1. The molecule has 1 aromatic rings. The molecule has 5 nitrogen and oxygen atoms in total. The van der Waals surface area contributed by atoms with Gasteiger partial charge >= 0.3 is 5.97 Å². The molecule has 1 aromatic carbocycles. The Kier molecular flexibility index (Phi) is 4.69. The second-order valence-corrected chi connectivity index (χ2v) is 4.21. The van der Waals surface area contributed by atoms with E-state index in [0.717, 1.165) is 12.1 Å². The van der Waals surface area contributed by atoms with Crippen molar-refractivity contribution in [2.45, 2.75) is 12.7 Å². The van der Waals surface area contributed by atoms with Crippen LogP contribution in [0.4, 0.5) is 0 Å². The number of morpholine rings is 1. The van der Waals surface area contributed by atoms with Crippen molar-refractivity contribution in [2.24, 2.45) is 5.73 Å². The fourth-order valence-electron chi connectivity index (χ4n) is 1.83. The lowest BCUT2D eigenvalue weighted by Gasteiger charge is -2.30. The van der Waals surface area contributed by atoms with Crippen molar-refractivity contribution in [2.75, 3.05) is 26.4 Å². The Bertz CT molecular complexity index is 383. The van der Waals surface area contributed by atoms with Crippen molar-refractivity contribution >= 4 is 5.97 Å². The summed E-state index contributed by atoms with van der Waals surface area (Å²) in [6, 6.07) is 9.59. The number of hydrogen-bond donors (Lipinski definition) is 1. The molecule has 18 heavy (non-hydrogen) atoms. The van der Waals surface area contributed by atoms with Crippen LogP contribution < -0.4 is 5.73 Å². The first-order chi connectivity index (χ1) is 8.79. The lowest BCUT2D eigenvalue weighted by Crippen LogP contribution is -2.48. The zero-order valence-electron chi connectivity index (χ0n) is 10.2. The summed E-state index contributed by atoms with van der Waals surface area (Å²) >= 11 is 0. The lowest BCUT2D eigenvalue weighted by atomic mass is 10.2. The smallest absolute Gasteiger partial charge is 0.336 e. The van der Waals surface area contributed by atoms with E-state index in [9.17, 15) is 4.79 Å². The van der Waals surface area contributed by atoms with Gasteiger partial charge in [0.2, 0.25) is 0 Å². The molecule has 1 heterocycles. The molecular weight excluding hydrogens is 232 g/mol. The van der Waals surface area contributed by atoms with Crippen LogP contribution in [0.3, 0.4) is 0 Å². The molecule has 0 radical (unpaired) electrons. The highest BCUT2D eigenvalue weighted by Crippen LogP contribution is 2.08. The first-order valence-electron chi connectivity index (χ1n) is 6.04. The van der Waals surface area contributed by atoms with Gasteiger partial charge in [0.1, 0.15) is 6.61 Å². The maximum atomic E-state index is 11.8. The number of carbonyl (C=O) groups excluding carboxylic acids is 1. The summed E-state index contributed by atoms with van der Waals surface area (Å²) in [6.45, 7) is 2.50. The van der Waals surface area contributed by atoms with Gasteiger partial charge < -0.3 is 15.2 Å². The molecule has 1 aliphatic rings. The molecule has 2 rings (SSSR count). The van der Waals surface area contributed by atoms with Crippen LogP contribution in [0.1, 0.15) is 5.56 Å². The van der Waals surface area contributed by atoms with E-state index in [4.69, 9.17) is 15.2 Å². The molecule has 1 unspecified atom stereocenters. The molecule has 1 saturated heterocycles. The molecule has 98 valence electrons. The number of hydrogen-bond acceptors (Lipinski definition) is 5. The topological polar surface area (TPSA) is 64.8 Å². The van der Waals surface area contributed by atoms with Gasteiger partial charge in [-0.25, -0.2) is 4.79 Å². The maximum absolute atomic E-state index is 11.8. The van der Waals surface area contributed by atoms with E-state index in [-0.39, 0.29) is 12.6 Å². The van der Waals surface area contributed by atoms with Crippen molar-refractivity contribution in [3.63, 3.8) is 0 Å².